The molecule has 0 radical (unpaired) electrons. The average Bonchev–Trinajstić information content (AvgIpc) is 2.73. The Labute approximate surface area is 196 Å². The predicted molar refractivity (Wildman–Crippen MR) is 132 cm³/mol. The van der Waals surface area contributed by atoms with Gasteiger partial charge < -0.3 is 20.4 Å². The van der Waals surface area contributed by atoms with Gasteiger partial charge in [-0.15, -0.1) is 0 Å². The van der Waals surface area contributed by atoms with Gasteiger partial charge in [0.1, 0.15) is 5.75 Å². The van der Waals surface area contributed by atoms with Crippen LogP contribution in [0.5, 0.6) is 5.75 Å². The maximum Gasteiger partial charge on any atom is 0.256 e. The van der Waals surface area contributed by atoms with Crippen LogP contribution in [0.2, 0.25) is 5.02 Å². The summed E-state index contributed by atoms with van der Waals surface area (Å²) in [6.07, 6.45) is 3.56. The van der Waals surface area contributed by atoms with E-state index >= 15 is 0 Å². The van der Waals surface area contributed by atoms with Crippen LogP contribution < -0.4 is 15.5 Å². The second-order valence-electron chi connectivity index (χ2n) is 8.18. The minimum atomic E-state index is -0.215. The second-order valence-corrected chi connectivity index (χ2v) is 8.62. The molecule has 2 N–H and O–H groups in total. The van der Waals surface area contributed by atoms with Gasteiger partial charge in [0.15, 0.2) is 5.84 Å². The van der Waals surface area contributed by atoms with E-state index in [0.29, 0.717) is 35.5 Å². The molecule has 32 heavy (non-hydrogen) atoms. The smallest absolute Gasteiger partial charge is 0.256 e. The van der Waals surface area contributed by atoms with Gasteiger partial charge in [0.2, 0.25) is 0 Å². The van der Waals surface area contributed by atoms with Crippen molar-refractivity contribution in [1.29, 1.82) is 0 Å². The van der Waals surface area contributed by atoms with Crippen molar-refractivity contribution in [3.63, 3.8) is 0 Å². The number of carbonyl (C=O) groups excluding carboxylic acids is 1. The molecule has 172 valence electrons. The molecule has 7 heteroatoms. The Bertz CT molecular complexity index is 955. The third-order valence-electron chi connectivity index (χ3n) is 4.32. The standard InChI is InChI=1S/C25H33ClN4O2/c1-6-8-24(28-25(31)20-10-7-9-19(13-20)16-30(4)5)29-27-15-21-14-22(26)11-12-23(21)32-17-18(2)3/h6-14,18,27H,15-17H2,1-5H3,(H,28,29,31)/b8-6+. The summed E-state index contributed by atoms with van der Waals surface area (Å²) in [6.45, 7) is 7.85. The monoisotopic (exact) mass is 456 g/mol. The van der Waals surface area contributed by atoms with E-state index in [2.05, 4.69) is 34.6 Å². The lowest BCUT2D eigenvalue weighted by Gasteiger charge is -2.14. The Hall–Kier alpha value is -2.83. The number of amides is 1. The molecular weight excluding hydrogens is 424 g/mol. The summed E-state index contributed by atoms with van der Waals surface area (Å²) in [6, 6.07) is 13.1. The highest BCUT2D eigenvalue weighted by molar-refractivity contribution is 6.30. The van der Waals surface area contributed by atoms with E-state index in [1.54, 1.807) is 18.2 Å². The van der Waals surface area contributed by atoms with Crippen LogP contribution in [0.25, 0.3) is 0 Å². The minimum absolute atomic E-state index is 0.215. The first kappa shape index (κ1) is 25.4. The van der Waals surface area contributed by atoms with Crippen molar-refractivity contribution >= 4 is 23.3 Å². The molecule has 0 aromatic heterocycles. The van der Waals surface area contributed by atoms with Gasteiger partial charge in [-0.3, -0.25) is 4.79 Å². The summed E-state index contributed by atoms with van der Waals surface area (Å²) >= 11 is 6.16. The fourth-order valence-corrected chi connectivity index (χ4v) is 3.12. The van der Waals surface area contributed by atoms with Crippen LogP contribution in [-0.4, -0.2) is 37.3 Å². The number of hydrogen-bond donors (Lipinski definition) is 2. The third kappa shape index (κ3) is 8.73. The normalized spacial score (nSPS) is 11.9. The zero-order chi connectivity index (χ0) is 23.5. The Balaban J connectivity index is 2.08. The van der Waals surface area contributed by atoms with Gasteiger partial charge in [0.25, 0.3) is 5.91 Å². The van der Waals surface area contributed by atoms with Crippen LogP contribution in [0.3, 0.4) is 0 Å². The van der Waals surface area contributed by atoms with Crippen molar-refractivity contribution in [2.24, 2.45) is 11.0 Å². The van der Waals surface area contributed by atoms with Crippen LogP contribution in [0.15, 0.2) is 59.7 Å². The van der Waals surface area contributed by atoms with E-state index in [-0.39, 0.29) is 5.91 Å². The highest BCUT2D eigenvalue weighted by Gasteiger charge is 2.10. The largest absolute Gasteiger partial charge is 0.493 e. The number of hydrazone groups is 1. The number of ether oxygens (including phenoxy) is 1. The van der Waals surface area contributed by atoms with Gasteiger partial charge in [-0.2, -0.15) is 5.10 Å². The van der Waals surface area contributed by atoms with Gasteiger partial charge >= 0.3 is 0 Å². The Morgan fingerprint density at radius 1 is 1.22 bits per heavy atom. The summed E-state index contributed by atoms with van der Waals surface area (Å²) < 4.78 is 5.89. The van der Waals surface area contributed by atoms with Crippen molar-refractivity contribution in [2.45, 2.75) is 33.9 Å². The Morgan fingerprint density at radius 2 is 2.00 bits per heavy atom. The van der Waals surface area contributed by atoms with Gasteiger partial charge in [0, 0.05) is 22.7 Å². The molecule has 1 amide bonds. The fourth-order valence-electron chi connectivity index (χ4n) is 2.92. The van der Waals surface area contributed by atoms with E-state index in [4.69, 9.17) is 16.3 Å². The first-order valence-corrected chi connectivity index (χ1v) is 11.1. The van der Waals surface area contributed by atoms with Crippen molar-refractivity contribution < 1.29 is 9.53 Å². The van der Waals surface area contributed by atoms with Crippen molar-refractivity contribution in [2.75, 3.05) is 20.7 Å². The summed E-state index contributed by atoms with van der Waals surface area (Å²) in [5.74, 6) is 1.38. The van der Waals surface area contributed by atoms with Crippen molar-refractivity contribution in [3.8, 4) is 5.75 Å². The molecule has 0 fully saturated rings. The average molecular weight is 457 g/mol. The van der Waals surface area contributed by atoms with Crippen LogP contribution >= 0.6 is 11.6 Å². The van der Waals surface area contributed by atoms with Crippen molar-refractivity contribution in [3.05, 3.63) is 76.3 Å². The maximum absolute atomic E-state index is 12.7. The summed E-state index contributed by atoms with van der Waals surface area (Å²) in [5, 5.41) is 7.84. The first-order valence-electron chi connectivity index (χ1n) is 10.7. The zero-order valence-corrected chi connectivity index (χ0v) is 20.2. The van der Waals surface area contributed by atoms with Crippen molar-refractivity contribution in [1.82, 2.24) is 15.6 Å². The molecule has 0 aliphatic carbocycles. The molecule has 0 atom stereocenters. The highest BCUT2D eigenvalue weighted by Crippen LogP contribution is 2.23. The third-order valence-corrected chi connectivity index (χ3v) is 4.55. The number of nitrogens with zero attached hydrogens (tertiary/aromatic N) is 2. The molecule has 6 nitrogen and oxygen atoms in total. The van der Waals surface area contributed by atoms with Gasteiger partial charge in [-0.05, 0) is 68.9 Å². The van der Waals surface area contributed by atoms with E-state index in [9.17, 15) is 4.79 Å². The van der Waals surface area contributed by atoms with E-state index in [0.717, 1.165) is 23.4 Å². The number of amidine groups is 1. The van der Waals surface area contributed by atoms with Crippen LogP contribution in [-0.2, 0) is 13.1 Å². The molecule has 0 unspecified atom stereocenters. The second kappa shape index (κ2) is 12.9. The van der Waals surface area contributed by atoms with E-state index < -0.39 is 0 Å². The summed E-state index contributed by atoms with van der Waals surface area (Å²) in [5.41, 5.74) is 5.56. The predicted octanol–water partition coefficient (Wildman–Crippen LogP) is 4.85. The number of nitrogens with one attached hydrogen (secondary N) is 2. The van der Waals surface area contributed by atoms with E-state index in [1.807, 2.05) is 57.4 Å². The fraction of sp³-hybridized carbons (Fsp3) is 0.360. The number of rotatable bonds is 10. The minimum Gasteiger partial charge on any atom is -0.493 e. The molecule has 0 bridgehead atoms. The lowest BCUT2D eigenvalue weighted by molar-refractivity contribution is 0.0977. The molecular formula is C25H33ClN4O2. The SMILES string of the molecule is C/C=C/C(=N\NCc1cc(Cl)ccc1OCC(C)C)NC(=O)c1cccc(CN(C)C)c1. The summed E-state index contributed by atoms with van der Waals surface area (Å²) in [4.78, 5) is 14.8. The molecule has 2 aromatic rings. The molecule has 0 saturated heterocycles. The number of carbonyl (C=O) groups is 1. The number of halogens is 1. The van der Waals surface area contributed by atoms with Gasteiger partial charge in [-0.1, -0.05) is 43.7 Å². The van der Waals surface area contributed by atoms with Crippen LogP contribution in [0.1, 0.15) is 42.3 Å². The molecule has 2 rings (SSSR count). The molecule has 0 saturated carbocycles. The molecule has 0 heterocycles. The molecule has 0 spiro atoms. The number of allylic oxidation sites excluding steroid dienone is 1. The van der Waals surface area contributed by atoms with Crippen LogP contribution in [0, 0.1) is 5.92 Å². The zero-order valence-electron chi connectivity index (χ0n) is 19.5. The number of benzene rings is 2. The Morgan fingerprint density at radius 3 is 2.69 bits per heavy atom. The highest BCUT2D eigenvalue weighted by atomic mass is 35.5. The van der Waals surface area contributed by atoms with Gasteiger partial charge in [-0.25, -0.2) is 0 Å². The van der Waals surface area contributed by atoms with Crippen LogP contribution in [0.4, 0.5) is 0 Å². The topological polar surface area (TPSA) is 66.0 Å². The first-order chi connectivity index (χ1) is 15.3. The lowest BCUT2D eigenvalue weighted by Crippen LogP contribution is -2.31. The summed E-state index contributed by atoms with van der Waals surface area (Å²) in [7, 11) is 3.99. The number of hydrogen-bond acceptors (Lipinski definition) is 5. The van der Waals surface area contributed by atoms with E-state index in [1.165, 1.54) is 0 Å². The molecule has 2 aromatic carbocycles. The van der Waals surface area contributed by atoms with Gasteiger partial charge in [0.05, 0.1) is 13.2 Å². The maximum atomic E-state index is 12.7. The molecule has 0 aliphatic heterocycles. The molecule has 0 aliphatic rings. The lowest BCUT2D eigenvalue weighted by atomic mass is 10.1. The Kier molecular flexibility index (Phi) is 10.2. The quantitative estimate of drug-likeness (QED) is 0.305.